The number of ether oxygens (including phenoxy) is 3. The number of benzene rings is 3. The summed E-state index contributed by atoms with van der Waals surface area (Å²) in [5, 5.41) is 9.07. The summed E-state index contributed by atoms with van der Waals surface area (Å²) in [6, 6.07) is 13.4. The van der Waals surface area contributed by atoms with Crippen LogP contribution in [0, 0.1) is 17.6 Å². The number of carbonyl (C=O) groups excluding carboxylic acids is 3. The highest BCUT2D eigenvalue weighted by molar-refractivity contribution is 6.34. The van der Waals surface area contributed by atoms with E-state index in [4.69, 9.17) is 31.5 Å². The molecular weight excluding hydrogens is 706 g/mol. The Morgan fingerprint density at radius 2 is 1.64 bits per heavy atom. The minimum atomic E-state index is -1.07. The summed E-state index contributed by atoms with van der Waals surface area (Å²) in [5.74, 6) is -3.19. The molecule has 0 aromatic heterocycles. The Morgan fingerprint density at radius 3 is 2.26 bits per heavy atom. The molecule has 0 unspecified atom stereocenters. The minimum absolute atomic E-state index is 0.0111. The number of amides is 3. The first-order valence-corrected chi connectivity index (χ1v) is 18.5. The number of unbranched alkanes of at least 4 members (excludes halogenated alkanes) is 1. The molecule has 2 atom stereocenters. The van der Waals surface area contributed by atoms with Crippen molar-refractivity contribution in [2.24, 2.45) is 11.7 Å². The molecule has 1 heterocycles. The Bertz CT molecular complexity index is 1810. The van der Waals surface area contributed by atoms with Crippen molar-refractivity contribution in [3.8, 4) is 22.6 Å². The average molecular weight is 755 g/mol. The molecule has 3 amide bonds. The van der Waals surface area contributed by atoms with Crippen molar-refractivity contribution in [1.82, 2.24) is 16.0 Å². The zero-order valence-corrected chi connectivity index (χ0v) is 31.6. The molecule has 0 spiro atoms. The zero-order chi connectivity index (χ0) is 38.5. The van der Waals surface area contributed by atoms with Crippen molar-refractivity contribution in [3.05, 3.63) is 81.9 Å². The van der Waals surface area contributed by atoms with Crippen LogP contribution in [0.1, 0.15) is 93.6 Å². The van der Waals surface area contributed by atoms with Crippen LogP contribution >= 0.6 is 11.6 Å². The van der Waals surface area contributed by atoms with Crippen LogP contribution in [0.4, 0.5) is 13.6 Å². The summed E-state index contributed by atoms with van der Waals surface area (Å²) < 4.78 is 48.8. The number of carbonyl (C=O) groups is 3. The van der Waals surface area contributed by atoms with Crippen LogP contribution in [0.15, 0.2) is 48.5 Å². The molecule has 1 fully saturated rings. The van der Waals surface area contributed by atoms with Crippen LogP contribution < -0.4 is 31.2 Å². The average Bonchev–Trinajstić information content (AvgIpc) is 3.40. The van der Waals surface area contributed by atoms with Gasteiger partial charge in [0.05, 0.1) is 17.7 Å². The fourth-order valence-corrected chi connectivity index (χ4v) is 7.60. The Balaban J connectivity index is 1.27. The van der Waals surface area contributed by atoms with Crippen molar-refractivity contribution < 1.29 is 37.4 Å². The van der Waals surface area contributed by atoms with Gasteiger partial charge in [0.25, 0.3) is 0 Å². The van der Waals surface area contributed by atoms with E-state index in [1.807, 2.05) is 58.0 Å². The number of halogens is 3. The molecule has 0 saturated heterocycles. The van der Waals surface area contributed by atoms with Crippen LogP contribution in [0.25, 0.3) is 11.1 Å². The van der Waals surface area contributed by atoms with Gasteiger partial charge < -0.3 is 35.9 Å². The molecule has 10 nitrogen and oxygen atoms in total. The lowest BCUT2D eigenvalue weighted by atomic mass is 9.77. The molecule has 0 bridgehead atoms. The lowest BCUT2D eigenvalue weighted by Gasteiger charge is -2.37. The van der Waals surface area contributed by atoms with E-state index in [0.717, 1.165) is 24.8 Å². The second-order valence-corrected chi connectivity index (χ2v) is 15.1. The van der Waals surface area contributed by atoms with Gasteiger partial charge in [-0.25, -0.2) is 13.6 Å². The Morgan fingerprint density at radius 1 is 0.981 bits per heavy atom. The lowest BCUT2D eigenvalue weighted by Crippen LogP contribution is -2.48. The molecule has 53 heavy (non-hydrogen) atoms. The molecule has 2 aliphatic rings. The summed E-state index contributed by atoms with van der Waals surface area (Å²) in [7, 11) is 1.29. The first-order valence-electron chi connectivity index (χ1n) is 18.1. The van der Waals surface area contributed by atoms with Gasteiger partial charge in [0, 0.05) is 60.3 Å². The van der Waals surface area contributed by atoms with E-state index in [1.54, 1.807) is 0 Å². The van der Waals surface area contributed by atoms with Gasteiger partial charge in [0.1, 0.15) is 17.2 Å². The van der Waals surface area contributed by atoms with E-state index in [2.05, 4.69) is 16.0 Å². The number of nitrogens with two attached hydrogens (primary N) is 1. The molecule has 5 rings (SSSR count). The Hall–Kier alpha value is -4.42. The fraction of sp³-hybridized carbons (Fsp3) is 0.475. The summed E-state index contributed by atoms with van der Waals surface area (Å²) in [6.07, 6.45) is 3.91. The van der Waals surface area contributed by atoms with Gasteiger partial charge in [-0.2, -0.15) is 0 Å². The molecule has 1 saturated carbocycles. The maximum Gasteiger partial charge on any atom is 0.407 e. The van der Waals surface area contributed by atoms with Crippen LogP contribution in [0.3, 0.4) is 0 Å². The quantitative estimate of drug-likeness (QED) is 0.134. The largest absolute Gasteiger partial charge is 0.494 e. The summed E-state index contributed by atoms with van der Waals surface area (Å²) in [6.45, 7) is 8.64. The van der Waals surface area contributed by atoms with Gasteiger partial charge in [-0.1, -0.05) is 48.9 Å². The number of methoxy groups -OCH3 is 1. The zero-order valence-electron chi connectivity index (χ0n) is 30.9. The maximum absolute atomic E-state index is 16.1. The van der Waals surface area contributed by atoms with Crippen LogP contribution in [-0.2, 0) is 15.1 Å². The normalized spacial score (nSPS) is 20.9. The van der Waals surface area contributed by atoms with Crippen molar-refractivity contribution in [2.45, 2.75) is 89.4 Å². The van der Waals surface area contributed by atoms with E-state index < -0.39 is 40.8 Å². The predicted octanol–water partition coefficient (Wildman–Crippen LogP) is 7.35. The molecule has 1 aliphatic carbocycles. The number of fused-ring (bicyclic) bond motifs is 1. The topological polar surface area (TPSA) is 141 Å². The van der Waals surface area contributed by atoms with Crippen molar-refractivity contribution in [3.63, 3.8) is 0 Å². The Kier molecular flexibility index (Phi) is 12.5. The SMILES string of the molecule is COc1ccc(C(N)=O)c(-c2c(Cl)c(F)cc3c2[C@H](C)[C@@](CNC2CCC(C(=O)NCCCCNC(=O)OC(C)(C)C)CC2)(c2ccccc2)O3)c1F. The van der Waals surface area contributed by atoms with Crippen molar-refractivity contribution in [1.29, 1.82) is 0 Å². The maximum atomic E-state index is 16.1. The Labute approximate surface area is 314 Å². The van der Waals surface area contributed by atoms with Gasteiger partial charge in [0.2, 0.25) is 11.8 Å². The monoisotopic (exact) mass is 754 g/mol. The van der Waals surface area contributed by atoms with E-state index in [0.29, 0.717) is 44.5 Å². The van der Waals surface area contributed by atoms with Gasteiger partial charge in [0.15, 0.2) is 17.2 Å². The number of primary amides is 1. The first-order chi connectivity index (χ1) is 25.2. The molecule has 3 aromatic carbocycles. The summed E-state index contributed by atoms with van der Waals surface area (Å²) in [4.78, 5) is 37.3. The van der Waals surface area contributed by atoms with Crippen LogP contribution in [0.5, 0.6) is 11.5 Å². The molecule has 0 radical (unpaired) electrons. The summed E-state index contributed by atoms with van der Waals surface area (Å²) in [5.41, 5.74) is 4.89. The second-order valence-electron chi connectivity index (χ2n) is 14.8. The molecular formula is C40H49ClF2N4O6. The van der Waals surface area contributed by atoms with E-state index >= 15 is 8.78 Å². The van der Waals surface area contributed by atoms with Crippen LogP contribution in [0.2, 0.25) is 5.02 Å². The lowest BCUT2D eigenvalue weighted by molar-refractivity contribution is -0.126. The molecule has 13 heteroatoms. The van der Waals surface area contributed by atoms with Gasteiger partial charge >= 0.3 is 6.09 Å². The number of hydrogen-bond acceptors (Lipinski definition) is 7. The second kappa shape index (κ2) is 16.7. The van der Waals surface area contributed by atoms with E-state index in [1.165, 1.54) is 25.3 Å². The molecule has 286 valence electrons. The minimum Gasteiger partial charge on any atom is -0.494 e. The van der Waals surface area contributed by atoms with E-state index in [-0.39, 0.29) is 51.1 Å². The number of alkyl carbamates (subject to hydrolysis) is 1. The standard InChI is InChI=1S/C40H49ClF2N4O6/c1-23-31-30(21-28(42)34(41)33(31)32-27(36(44)48)17-18-29(51-5)35(32)43)52-40(23,25-11-7-6-8-12-25)22-47-26-15-13-24(14-16-26)37(49)45-19-9-10-20-46-38(50)53-39(2,3)4/h6-8,11-12,17-18,21,23-24,26,47H,9-10,13-16,19-20,22H2,1-5H3,(H2,44,48)(H,45,49)(H,46,50)/t23-,24?,26?,40-/m0/s1. The highest BCUT2D eigenvalue weighted by Crippen LogP contribution is 2.56. The van der Waals surface area contributed by atoms with Crippen molar-refractivity contribution in [2.75, 3.05) is 26.7 Å². The third kappa shape index (κ3) is 8.87. The molecule has 3 aromatic rings. The third-order valence-corrected chi connectivity index (χ3v) is 10.4. The number of rotatable bonds is 13. The van der Waals surface area contributed by atoms with Gasteiger partial charge in [-0.05, 0) is 77.0 Å². The molecule has 5 N–H and O–H groups in total. The fourth-order valence-electron chi connectivity index (χ4n) is 7.34. The van der Waals surface area contributed by atoms with Crippen molar-refractivity contribution >= 4 is 29.5 Å². The van der Waals surface area contributed by atoms with Crippen LogP contribution in [-0.4, -0.2) is 56.3 Å². The first kappa shape index (κ1) is 39.8. The van der Waals surface area contributed by atoms with Gasteiger partial charge in [-0.15, -0.1) is 0 Å². The highest BCUT2D eigenvalue weighted by atomic mass is 35.5. The third-order valence-electron chi connectivity index (χ3n) is 10.1. The number of hydrogen-bond donors (Lipinski definition) is 4. The molecule has 1 aliphatic heterocycles. The van der Waals surface area contributed by atoms with Gasteiger partial charge in [-0.3, -0.25) is 9.59 Å². The van der Waals surface area contributed by atoms with E-state index in [9.17, 15) is 14.4 Å². The smallest absolute Gasteiger partial charge is 0.407 e. The summed E-state index contributed by atoms with van der Waals surface area (Å²) >= 11 is 6.62. The number of nitrogens with one attached hydrogen (secondary N) is 3. The highest BCUT2D eigenvalue weighted by Gasteiger charge is 2.50. The predicted molar refractivity (Wildman–Crippen MR) is 199 cm³/mol.